The normalized spacial score (nSPS) is 13.8. The van der Waals surface area contributed by atoms with E-state index in [9.17, 15) is 0 Å². The number of aromatic nitrogens is 2. The predicted molar refractivity (Wildman–Crippen MR) is 82.5 cm³/mol. The van der Waals surface area contributed by atoms with Crippen molar-refractivity contribution in [3.8, 4) is 0 Å². The molecule has 1 heterocycles. The van der Waals surface area contributed by atoms with Crippen molar-refractivity contribution < 1.29 is 0 Å². The SMILES string of the molecule is NNc1nc(CSc2ccccc2)nc2c1CCCC2. The smallest absolute Gasteiger partial charge is 0.147 e. The highest BCUT2D eigenvalue weighted by atomic mass is 32.2. The number of anilines is 1. The van der Waals surface area contributed by atoms with Crippen LogP contribution in [0.25, 0.3) is 0 Å². The summed E-state index contributed by atoms with van der Waals surface area (Å²) < 4.78 is 0. The number of benzene rings is 1. The maximum atomic E-state index is 5.60. The highest BCUT2D eigenvalue weighted by molar-refractivity contribution is 7.98. The maximum Gasteiger partial charge on any atom is 0.147 e. The number of hydrogen-bond donors (Lipinski definition) is 2. The van der Waals surface area contributed by atoms with Crippen LogP contribution >= 0.6 is 11.8 Å². The van der Waals surface area contributed by atoms with Gasteiger partial charge in [0.2, 0.25) is 0 Å². The summed E-state index contributed by atoms with van der Waals surface area (Å²) in [5.41, 5.74) is 5.10. The van der Waals surface area contributed by atoms with Gasteiger partial charge in [0.15, 0.2) is 0 Å². The van der Waals surface area contributed by atoms with Crippen molar-refractivity contribution in [3.05, 3.63) is 47.4 Å². The van der Waals surface area contributed by atoms with Crippen molar-refractivity contribution >= 4 is 17.6 Å². The Morgan fingerprint density at radius 1 is 1.10 bits per heavy atom. The van der Waals surface area contributed by atoms with Gasteiger partial charge in [-0.1, -0.05) is 18.2 Å². The molecule has 0 atom stereocenters. The third-order valence-corrected chi connectivity index (χ3v) is 4.49. The molecule has 0 fully saturated rings. The molecule has 1 aliphatic rings. The minimum Gasteiger partial charge on any atom is -0.308 e. The third-order valence-electron chi connectivity index (χ3n) is 3.48. The van der Waals surface area contributed by atoms with E-state index in [0.29, 0.717) is 0 Å². The Kier molecular flexibility index (Phi) is 4.18. The Morgan fingerprint density at radius 2 is 1.90 bits per heavy atom. The van der Waals surface area contributed by atoms with Crippen LogP contribution < -0.4 is 11.3 Å². The largest absolute Gasteiger partial charge is 0.308 e. The molecule has 0 bridgehead atoms. The van der Waals surface area contributed by atoms with Gasteiger partial charge in [-0.15, -0.1) is 11.8 Å². The lowest BCUT2D eigenvalue weighted by Crippen LogP contribution is -2.17. The van der Waals surface area contributed by atoms with Crippen LogP contribution in [0.1, 0.15) is 29.9 Å². The lowest BCUT2D eigenvalue weighted by molar-refractivity contribution is 0.659. The van der Waals surface area contributed by atoms with E-state index < -0.39 is 0 Å². The summed E-state index contributed by atoms with van der Waals surface area (Å²) in [5, 5.41) is 0. The van der Waals surface area contributed by atoms with Gasteiger partial charge in [-0.2, -0.15) is 0 Å². The molecule has 0 saturated carbocycles. The number of rotatable bonds is 4. The molecule has 0 spiro atoms. The summed E-state index contributed by atoms with van der Waals surface area (Å²) in [7, 11) is 0. The number of aryl methyl sites for hydroxylation is 1. The van der Waals surface area contributed by atoms with E-state index in [4.69, 9.17) is 10.8 Å². The number of nitrogen functional groups attached to an aromatic ring is 1. The number of nitrogens with zero attached hydrogens (tertiary/aromatic N) is 2. The summed E-state index contributed by atoms with van der Waals surface area (Å²) >= 11 is 1.75. The molecule has 0 radical (unpaired) electrons. The van der Waals surface area contributed by atoms with E-state index >= 15 is 0 Å². The minimum atomic E-state index is 0.770. The molecule has 3 N–H and O–H groups in total. The van der Waals surface area contributed by atoms with Crippen LogP contribution in [-0.2, 0) is 18.6 Å². The molecule has 0 saturated heterocycles. The summed E-state index contributed by atoms with van der Waals surface area (Å²) in [5.74, 6) is 8.03. The lowest BCUT2D eigenvalue weighted by atomic mass is 9.96. The molecule has 5 heteroatoms. The Hall–Kier alpha value is -1.59. The van der Waals surface area contributed by atoms with Crippen LogP contribution in [0, 0.1) is 0 Å². The Bertz CT molecular complexity index is 569. The van der Waals surface area contributed by atoms with Crippen LogP contribution in [0.3, 0.4) is 0 Å². The van der Waals surface area contributed by atoms with Crippen molar-refractivity contribution in [1.29, 1.82) is 0 Å². The average Bonchev–Trinajstić information content (AvgIpc) is 2.53. The second-order valence-electron chi connectivity index (χ2n) is 4.87. The first kappa shape index (κ1) is 13.4. The van der Waals surface area contributed by atoms with Gasteiger partial charge >= 0.3 is 0 Å². The van der Waals surface area contributed by atoms with Crippen molar-refractivity contribution in [1.82, 2.24) is 9.97 Å². The fourth-order valence-electron chi connectivity index (χ4n) is 2.49. The van der Waals surface area contributed by atoms with Crippen LogP contribution in [-0.4, -0.2) is 9.97 Å². The zero-order chi connectivity index (χ0) is 13.8. The number of fused-ring (bicyclic) bond motifs is 1. The number of nitrogens with two attached hydrogens (primary N) is 1. The topological polar surface area (TPSA) is 63.8 Å². The van der Waals surface area contributed by atoms with E-state index in [2.05, 4.69) is 22.5 Å². The molecule has 104 valence electrons. The van der Waals surface area contributed by atoms with E-state index in [0.717, 1.165) is 30.2 Å². The number of hydrogen-bond acceptors (Lipinski definition) is 5. The van der Waals surface area contributed by atoms with Gasteiger partial charge in [-0.3, -0.25) is 0 Å². The summed E-state index contributed by atoms with van der Waals surface area (Å²) in [6.45, 7) is 0. The fourth-order valence-corrected chi connectivity index (χ4v) is 3.27. The van der Waals surface area contributed by atoms with Crippen molar-refractivity contribution in [2.24, 2.45) is 5.84 Å². The fraction of sp³-hybridized carbons (Fsp3) is 0.333. The first-order valence-corrected chi connectivity index (χ1v) is 7.88. The first-order valence-electron chi connectivity index (χ1n) is 6.90. The summed E-state index contributed by atoms with van der Waals surface area (Å²) in [6, 6.07) is 10.3. The first-order chi connectivity index (χ1) is 9.86. The van der Waals surface area contributed by atoms with Gasteiger partial charge in [0, 0.05) is 16.2 Å². The molecule has 4 nitrogen and oxygen atoms in total. The molecule has 0 unspecified atom stereocenters. The van der Waals surface area contributed by atoms with Crippen molar-refractivity contribution in [3.63, 3.8) is 0 Å². The van der Waals surface area contributed by atoms with Crippen LogP contribution in [0.15, 0.2) is 35.2 Å². The van der Waals surface area contributed by atoms with Crippen molar-refractivity contribution in [2.45, 2.75) is 36.3 Å². The molecule has 3 rings (SSSR count). The van der Waals surface area contributed by atoms with E-state index in [1.54, 1.807) is 11.8 Å². The number of thioether (sulfide) groups is 1. The second kappa shape index (κ2) is 6.24. The zero-order valence-electron chi connectivity index (χ0n) is 11.3. The monoisotopic (exact) mass is 286 g/mol. The van der Waals surface area contributed by atoms with Crippen LogP contribution in [0.2, 0.25) is 0 Å². The molecule has 2 aromatic rings. The molecule has 20 heavy (non-hydrogen) atoms. The maximum absolute atomic E-state index is 5.60. The van der Waals surface area contributed by atoms with Crippen LogP contribution in [0.5, 0.6) is 0 Å². The van der Waals surface area contributed by atoms with E-state index in [1.165, 1.54) is 29.0 Å². The molecule has 1 aromatic heterocycles. The lowest BCUT2D eigenvalue weighted by Gasteiger charge is -2.18. The van der Waals surface area contributed by atoms with E-state index in [-0.39, 0.29) is 0 Å². The number of hydrazine groups is 1. The molecular formula is C15H18N4S. The van der Waals surface area contributed by atoms with E-state index in [1.807, 2.05) is 18.2 Å². The Morgan fingerprint density at radius 3 is 2.70 bits per heavy atom. The minimum absolute atomic E-state index is 0.770. The summed E-state index contributed by atoms with van der Waals surface area (Å²) in [6.07, 6.45) is 4.47. The molecule has 0 aliphatic heterocycles. The molecule has 1 aliphatic carbocycles. The van der Waals surface area contributed by atoms with Gasteiger partial charge in [-0.25, -0.2) is 15.8 Å². The highest BCUT2D eigenvalue weighted by Gasteiger charge is 2.17. The van der Waals surface area contributed by atoms with Gasteiger partial charge < -0.3 is 5.43 Å². The molecular weight excluding hydrogens is 268 g/mol. The van der Waals surface area contributed by atoms with Gasteiger partial charge in [0.05, 0.1) is 5.75 Å². The Balaban J connectivity index is 1.79. The predicted octanol–water partition coefficient (Wildman–Crippen LogP) is 2.93. The Labute approximate surface area is 123 Å². The molecule has 1 aromatic carbocycles. The highest BCUT2D eigenvalue weighted by Crippen LogP contribution is 2.27. The molecule has 0 amide bonds. The standard InChI is InChI=1S/C15H18N4S/c16-19-15-12-8-4-5-9-13(12)17-14(18-15)10-20-11-6-2-1-3-7-11/h1-3,6-7H,4-5,8-10,16H2,(H,17,18,19). The average molecular weight is 286 g/mol. The van der Waals surface area contributed by atoms with Crippen molar-refractivity contribution in [2.75, 3.05) is 5.43 Å². The number of nitrogens with one attached hydrogen (secondary N) is 1. The second-order valence-corrected chi connectivity index (χ2v) is 5.92. The van der Waals surface area contributed by atoms with Gasteiger partial charge in [0.25, 0.3) is 0 Å². The zero-order valence-corrected chi connectivity index (χ0v) is 12.1. The van der Waals surface area contributed by atoms with Crippen LogP contribution in [0.4, 0.5) is 5.82 Å². The summed E-state index contributed by atoms with van der Waals surface area (Å²) in [4.78, 5) is 10.5. The van der Waals surface area contributed by atoms with Gasteiger partial charge in [0.1, 0.15) is 11.6 Å². The quantitative estimate of drug-likeness (QED) is 0.514. The third kappa shape index (κ3) is 2.94. The van der Waals surface area contributed by atoms with Gasteiger partial charge in [-0.05, 0) is 37.8 Å².